The highest BCUT2D eigenvalue weighted by Crippen LogP contribution is 2.40. The van der Waals surface area contributed by atoms with Gasteiger partial charge in [0, 0.05) is 29.3 Å². The van der Waals surface area contributed by atoms with Gasteiger partial charge in [0.05, 0.1) is 11.4 Å². The van der Waals surface area contributed by atoms with Gasteiger partial charge in [0.1, 0.15) is 0 Å². The minimum Gasteiger partial charge on any atom is -0.454 e. The van der Waals surface area contributed by atoms with E-state index in [0.29, 0.717) is 6.79 Å². The zero-order valence-electron chi connectivity index (χ0n) is 10.7. The molecule has 0 aliphatic carbocycles. The van der Waals surface area contributed by atoms with Crippen LogP contribution in [0.1, 0.15) is 0 Å². The lowest BCUT2D eigenvalue weighted by atomic mass is 10.1. The van der Waals surface area contributed by atoms with E-state index >= 15 is 0 Å². The quantitative estimate of drug-likeness (QED) is 0.862. The molecular formula is C15H13BrN2O2. The summed E-state index contributed by atoms with van der Waals surface area (Å²) >= 11 is 3.51. The van der Waals surface area contributed by atoms with E-state index in [4.69, 9.17) is 9.47 Å². The van der Waals surface area contributed by atoms with E-state index in [1.165, 1.54) is 5.69 Å². The van der Waals surface area contributed by atoms with Crippen LogP contribution >= 0.6 is 15.9 Å². The Hall–Kier alpha value is -1.88. The fourth-order valence-corrected chi connectivity index (χ4v) is 2.99. The van der Waals surface area contributed by atoms with Crippen molar-refractivity contribution in [2.75, 3.05) is 30.1 Å². The van der Waals surface area contributed by atoms with Gasteiger partial charge >= 0.3 is 0 Å². The summed E-state index contributed by atoms with van der Waals surface area (Å²) in [7, 11) is 0. The third-order valence-electron chi connectivity index (χ3n) is 3.57. The average Bonchev–Trinajstić information content (AvgIpc) is 2.93. The summed E-state index contributed by atoms with van der Waals surface area (Å²) in [5.41, 5.74) is 3.45. The molecule has 0 radical (unpaired) electrons. The molecule has 0 fully saturated rings. The third-order valence-corrected chi connectivity index (χ3v) is 4.06. The largest absolute Gasteiger partial charge is 0.454 e. The van der Waals surface area contributed by atoms with E-state index in [-0.39, 0.29) is 0 Å². The molecule has 0 unspecified atom stereocenters. The second-order valence-electron chi connectivity index (χ2n) is 4.78. The Morgan fingerprint density at radius 2 is 1.95 bits per heavy atom. The highest BCUT2D eigenvalue weighted by Gasteiger charge is 2.21. The van der Waals surface area contributed by atoms with Crippen LogP contribution in [0.2, 0.25) is 0 Å². The molecule has 2 aliphatic rings. The smallest absolute Gasteiger partial charge is 0.231 e. The normalized spacial score (nSPS) is 15.8. The summed E-state index contributed by atoms with van der Waals surface area (Å²) in [5, 5.41) is 3.43. The van der Waals surface area contributed by atoms with E-state index in [1.807, 2.05) is 12.1 Å². The van der Waals surface area contributed by atoms with Gasteiger partial charge in [-0.05, 0) is 30.3 Å². The molecule has 0 saturated heterocycles. The SMILES string of the molecule is Brc1ccc2c(c1)NCCN2c1ccc2c(c1)OCO2. The van der Waals surface area contributed by atoms with Gasteiger partial charge in [-0.2, -0.15) is 0 Å². The summed E-state index contributed by atoms with van der Waals surface area (Å²) < 4.78 is 11.9. The molecule has 102 valence electrons. The summed E-state index contributed by atoms with van der Waals surface area (Å²) in [6.07, 6.45) is 0. The van der Waals surface area contributed by atoms with Gasteiger partial charge < -0.3 is 19.7 Å². The lowest BCUT2D eigenvalue weighted by molar-refractivity contribution is 0.174. The maximum atomic E-state index is 5.46. The van der Waals surface area contributed by atoms with Gasteiger partial charge in [0.2, 0.25) is 6.79 Å². The molecule has 4 rings (SSSR count). The van der Waals surface area contributed by atoms with Gasteiger partial charge in [0.25, 0.3) is 0 Å². The van der Waals surface area contributed by atoms with Crippen molar-refractivity contribution in [2.45, 2.75) is 0 Å². The number of ether oxygens (including phenoxy) is 2. The number of hydrogen-bond acceptors (Lipinski definition) is 4. The Bertz CT molecular complexity index is 675. The van der Waals surface area contributed by atoms with Crippen molar-refractivity contribution in [3.8, 4) is 11.5 Å². The predicted octanol–water partition coefficient (Wildman–Crippen LogP) is 3.74. The Balaban J connectivity index is 1.77. The number of halogens is 1. The van der Waals surface area contributed by atoms with Gasteiger partial charge in [-0.25, -0.2) is 0 Å². The van der Waals surface area contributed by atoms with Crippen molar-refractivity contribution in [2.24, 2.45) is 0 Å². The standard InChI is InChI=1S/C15H13BrN2O2/c16-10-1-3-13-12(7-10)17-5-6-18(13)11-2-4-14-15(8-11)20-9-19-14/h1-4,7-8,17H,5-6,9H2. The van der Waals surface area contributed by atoms with E-state index in [2.05, 4.69) is 50.4 Å². The molecule has 1 N–H and O–H groups in total. The van der Waals surface area contributed by atoms with Gasteiger partial charge in [-0.1, -0.05) is 15.9 Å². The van der Waals surface area contributed by atoms with Crippen molar-refractivity contribution in [1.82, 2.24) is 0 Å². The second-order valence-corrected chi connectivity index (χ2v) is 5.69. The first-order valence-corrected chi connectivity index (χ1v) is 7.31. The highest BCUT2D eigenvalue weighted by molar-refractivity contribution is 9.10. The minimum atomic E-state index is 0.309. The van der Waals surface area contributed by atoms with Crippen molar-refractivity contribution in [3.63, 3.8) is 0 Å². The van der Waals surface area contributed by atoms with Gasteiger partial charge in [-0.3, -0.25) is 0 Å². The fraction of sp³-hybridized carbons (Fsp3) is 0.200. The number of anilines is 3. The molecule has 0 aromatic heterocycles. The molecule has 20 heavy (non-hydrogen) atoms. The predicted molar refractivity (Wildman–Crippen MR) is 82.2 cm³/mol. The number of nitrogens with one attached hydrogen (secondary N) is 1. The maximum absolute atomic E-state index is 5.46. The van der Waals surface area contributed by atoms with Crippen LogP contribution in [-0.4, -0.2) is 19.9 Å². The molecule has 0 amide bonds. The number of rotatable bonds is 1. The highest BCUT2D eigenvalue weighted by atomic mass is 79.9. The van der Waals surface area contributed by atoms with Gasteiger partial charge in [-0.15, -0.1) is 0 Å². The van der Waals surface area contributed by atoms with Gasteiger partial charge in [0.15, 0.2) is 11.5 Å². The molecule has 5 heteroatoms. The van der Waals surface area contributed by atoms with Crippen molar-refractivity contribution >= 4 is 33.0 Å². The van der Waals surface area contributed by atoms with Crippen LogP contribution < -0.4 is 19.7 Å². The van der Waals surface area contributed by atoms with E-state index in [9.17, 15) is 0 Å². The molecule has 2 heterocycles. The van der Waals surface area contributed by atoms with Crippen LogP contribution in [0.25, 0.3) is 0 Å². The number of nitrogens with zero attached hydrogens (tertiary/aromatic N) is 1. The Labute approximate surface area is 125 Å². The first-order chi connectivity index (χ1) is 9.81. The Morgan fingerprint density at radius 3 is 2.90 bits per heavy atom. The maximum Gasteiger partial charge on any atom is 0.231 e. The average molecular weight is 333 g/mol. The van der Waals surface area contributed by atoms with E-state index in [1.54, 1.807) is 0 Å². The van der Waals surface area contributed by atoms with Crippen LogP contribution in [0.15, 0.2) is 40.9 Å². The Kier molecular flexibility index (Phi) is 2.73. The van der Waals surface area contributed by atoms with Crippen LogP contribution in [-0.2, 0) is 0 Å². The molecule has 0 saturated carbocycles. The topological polar surface area (TPSA) is 33.7 Å². The number of hydrogen-bond donors (Lipinski definition) is 1. The zero-order valence-corrected chi connectivity index (χ0v) is 12.3. The molecule has 4 nitrogen and oxygen atoms in total. The number of fused-ring (bicyclic) bond motifs is 2. The molecule has 2 aromatic rings. The van der Waals surface area contributed by atoms with Crippen molar-refractivity contribution in [3.05, 3.63) is 40.9 Å². The molecule has 0 bridgehead atoms. The molecule has 2 aliphatic heterocycles. The molecular weight excluding hydrogens is 320 g/mol. The first kappa shape index (κ1) is 11.9. The molecule has 2 aromatic carbocycles. The van der Waals surface area contributed by atoms with Crippen molar-refractivity contribution < 1.29 is 9.47 Å². The molecule has 0 atom stereocenters. The molecule has 0 spiro atoms. The monoisotopic (exact) mass is 332 g/mol. The lowest BCUT2D eigenvalue weighted by Crippen LogP contribution is -2.30. The lowest BCUT2D eigenvalue weighted by Gasteiger charge is -2.32. The van der Waals surface area contributed by atoms with Crippen LogP contribution in [0.4, 0.5) is 17.1 Å². The minimum absolute atomic E-state index is 0.309. The summed E-state index contributed by atoms with van der Waals surface area (Å²) in [4.78, 5) is 2.29. The van der Waals surface area contributed by atoms with E-state index in [0.717, 1.165) is 40.4 Å². The first-order valence-electron chi connectivity index (χ1n) is 6.52. The second kappa shape index (κ2) is 4.59. The van der Waals surface area contributed by atoms with Crippen LogP contribution in [0, 0.1) is 0 Å². The summed E-state index contributed by atoms with van der Waals surface area (Å²) in [5.74, 6) is 1.64. The van der Waals surface area contributed by atoms with E-state index < -0.39 is 0 Å². The third kappa shape index (κ3) is 1.89. The zero-order chi connectivity index (χ0) is 13.5. The fourth-order valence-electron chi connectivity index (χ4n) is 2.63. The number of benzene rings is 2. The van der Waals surface area contributed by atoms with Crippen LogP contribution in [0.3, 0.4) is 0 Å². The van der Waals surface area contributed by atoms with Crippen LogP contribution in [0.5, 0.6) is 11.5 Å². The van der Waals surface area contributed by atoms with Crippen molar-refractivity contribution in [1.29, 1.82) is 0 Å². The Morgan fingerprint density at radius 1 is 1.05 bits per heavy atom. The summed E-state index contributed by atoms with van der Waals surface area (Å²) in [6.45, 7) is 2.15. The summed E-state index contributed by atoms with van der Waals surface area (Å²) in [6, 6.07) is 12.4.